The number of nitrogens with zero attached hydrogens (tertiary/aromatic N) is 2. The monoisotopic (exact) mass is 366 g/mol. The van der Waals surface area contributed by atoms with E-state index in [0.717, 1.165) is 27.6 Å². The van der Waals surface area contributed by atoms with Gasteiger partial charge in [0.2, 0.25) is 0 Å². The van der Waals surface area contributed by atoms with Gasteiger partial charge in [-0.3, -0.25) is 5.10 Å². The molecular formula is C20H19ClN4O. The van der Waals surface area contributed by atoms with Crippen LogP contribution in [-0.2, 0) is 0 Å². The molecule has 2 heterocycles. The minimum Gasteiger partial charge on any atom is -0.394 e. The molecule has 4 N–H and O–H groups in total. The fourth-order valence-electron chi connectivity index (χ4n) is 3.28. The lowest BCUT2D eigenvalue weighted by Gasteiger charge is -2.31. The number of aromatic nitrogens is 2. The summed E-state index contributed by atoms with van der Waals surface area (Å²) < 4.78 is 0. The lowest BCUT2D eigenvalue weighted by molar-refractivity contribution is 0.174. The fraction of sp³-hybridized carbons (Fsp3) is 0.150. The van der Waals surface area contributed by atoms with Crippen LogP contribution < -0.4 is 5.73 Å². The average Bonchev–Trinajstić information content (AvgIpc) is 3.03. The number of nitrogens with two attached hydrogens (primary N) is 1. The van der Waals surface area contributed by atoms with Gasteiger partial charge in [0, 0.05) is 23.2 Å². The predicted octanol–water partition coefficient (Wildman–Crippen LogP) is 3.74. The smallest absolute Gasteiger partial charge is 0.153 e. The summed E-state index contributed by atoms with van der Waals surface area (Å²) in [5, 5.41) is 18.4. The minimum atomic E-state index is -0.130. The summed E-state index contributed by atoms with van der Waals surface area (Å²) in [5.41, 5.74) is 10.0. The van der Waals surface area contributed by atoms with E-state index in [-0.39, 0.29) is 12.6 Å². The summed E-state index contributed by atoms with van der Waals surface area (Å²) in [4.78, 5) is 2.10. The van der Waals surface area contributed by atoms with Crippen molar-refractivity contribution in [1.82, 2.24) is 15.1 Å². The summed E-state index contributed by atoms with van der Waals surface area (Å²) in [6, 6.07) is 13.6. The Kier molecular flexibility index (Phi) is 4.41. The number of hydrogen-bond acceptors (Lipinski definition) is 4. The van der Waals surface area contributed by atoms with E-state index in [1.165, 1.54) is 0 Å². The lowest BCUT2D eigenvalue weighted by Crippen LogP contribution is -2.28. The van der Waals surface area contributed by atoms with Gasteiger partial charge in [-0.1, -0.05) is 35.9 Å². The van der Waals surface area contributed by atoms with E-state index in [4.69, 9.17) is 17.3 Å². The highest BCUT2D eigenvalue weighted by molar-refractivity contribution is 6.30. The Morgan fingerprint density at radius 2 is 2.15 bits per heavy atom. The van der Waals surface area contributed by atoms with E-state index >= 15 is 0 Å². The number of aliphatic hydroxyl groups excluding tert-OH is 1. The van der Waals surface area contributed by atoms with Crippen molar-refractivity contribution in [2.24, 2.45) is 0 Å². The Labute approximate surface area is 156 Å². The molecule has 0 unspecified atom stereocenters. The number of nitrogen functional groups attached to an aromatic ring is 1. The number of aromatic amines is 1. The van der Waals surface area contributed by atoms with Crippen LogP contribution in [0.2, 0.25) is 5.02 Å². The highest BCUT2D eigenvalue weighted by Crippen LogP contribution is 2.29. The van der Waals surface area contributed by atoms with Crippen molar-refractivity contribution in [3.63, 3.8) is 0 Å². The zero-order valence-electron chi connectivity index (χ0n) is 14.1. The maximum Gasteiger partial charge on any atom is 0.153 e. The molecule has 1 aromatic heterocycles. The van der Waals surface area contributed by atoms with Crippen molar-refractivity contribution in [1.29, 1.82) is 0 Å². The molecule has 6 heteroatoms. The number of hydrogen-bond donors (Lipinski definition) is 3. The van der Waals surface area contributed by atoms with Gasteiger partial charge >= 0.3 is 0 Å². The highest BCUT2D eigenvalue weighted by Gasteiger charge is 2.19. The van der Waals surface area contributed by atoms with Gasteiger partial charge < -0.3 is 15.7 Å². The first-order valence-electron chi connectivity index (χ1n) is 8.40. The number of nitrogens with one attached hydrogen (secondary N) is 1. The second-order valence-electron chi connectivity index (χ2n) is 6.29. The first-order valence-corrected chi connectivity index (χ1v) is 8.78. The molecule has 1 atom stereocenters. The third kappa shape index (κ3) is 3.07. The molecule has 1 aliphatic rings. The molecule has 0 amide bonds. The van der Waals surface area contributed by atoms with Gasteiger partial charge in [-0.15, -0.1) is 0 Å². The van der Waals surface area contributed by atoms with Gasteiger partial charge in [0.15, 0.2) is 5.82 Å². The van der Waals surface area contributed by atoms with E-state index in [2.05, 4.69) is 21.2 Å². The van der Waals surface area contributed by atoms with Crippen LogP contribution in [0.5, 0.6) is 0 Å². The highest BCUT2D eigenvalue weighted by atomic mass is 35.5. The van der Waals surface area contributed by atoms with Gasteiger partial charge in [0.1, 0.15) is 0 Å². The second-order valence-corrected chi connectivity index (χ2v) is 6.73. The van der Waals surface area contributed by atoms with Crippen molar-refractivity contribution in [2.45, 2.75) is 6.04 Å². The third-order valence-electron chi connectivity index (χ3n) is 4.70. The minimum absolute atomic E-state index is 0.0192. The summed E-state index contributed by atoms with van der Waals surface area (Å²) in [5.74, 6) is 0.505. The first-order chi connectivity index (χ1) is 12.7. The van der Waals surface area contributed by atoms with Gasteiger partial charge in [0.25, 0.3) is 0 Å². The van der Waals surface area contributed by atoms with Gasteiger partial charge in [-0.2, -0.15) is 5.10 Å². The van der Waals surface area contributed by atoms with Gasteiger partial charge in [-0.25, -0.2) is 0 Å². The molecule has 0 spiro atoms. The molecule has 0 saturated heterocycles. The number of allylic oxidation sites excluding steroid dienone is 2. The molecule has 0 saturated carbocycles. The number of benzene rings is 2. The van der Waals surface area contributed by atoms with Crippen LogP contribution in [0.4, 0.5) is 5.82 Å². The Bertz CT molecular complexity index is 1010. The van der Waals surface area contributed by atoms with Crippen LogP contribution in [0, 0.1) is 0 Å². The topological polar surface area (TPSA) is 78.2 Å². The molecule has 0 aliphatic carbocycles. The maximum absolute atomic E-state index is 9.87. The Hall–Kier alpha value is -2.76. The van der Waals surface area contributed by atoms with E-state index in [0.29, 0.717) is 17.4 Å². The van der Waals surface area contributed by atoms with Crippen molar-refractivity contribution in [2.75, 3.05) is 18.9 Å². The standard InChI is InChI=1S/C20H19ClN4O/c21-16-3-1-2-15(10-16)19(12-26)25-8-6-13(7-9-25)14-4-5-18-17(11-14)20(22)24-23-18/h1-8,10-11,19,26H,9,12H2,(H3,22,23,24)/t19-/m1/s1. The molecular weight excluding hydrogens is 348 g/mol. The number of rotatable bonds is 4. The van der Waals surface area contributed by atoms with E-state index < -0.39 is 0 Å². The van der Waals surface area contributed by atoms with Crippen molar-refractivity contribution in [3.8, 4) is 0 Å². The Morgan fingerprint density at radius 1 is 1.27 bits per heavy atom. The molecule has 3 aromatic rings. The number of halogens is 1. The van der Waals surface area contributed by atoms with E-state index in [1.807, 2.05) is 54.7 Å². The summed E-state index contributed by atoms with van der Waals surface area (Å²) >= 11 is 6.09. The molecule has 0 bridgehead atoms. The van der Waals surface area contributed by atoms with Crippen LogP contribution in [-0.4, -0.2) is 33.4 Å². The average molecular weight is 367 g/mol. The molecule has 132 valence electrons. The van der Waals surface area contributed by atoms with Crippen LogP contribution in [0.1, 0.15) is 17.2 Å². The number of anilines is 1. The van der Waals surface area contributed by atoms with Crippen molar-refractivity contribution < 1.29 is 5.11 Å². The van der Waals surface area contributed by atoms with Crippen LogP contribution in [0.25, 0.3) is 16.5 Å². The molecule has 2 aromatic carbocycles. The normalized spacial score (nSPS) is 15.3. The van der Waals surface area contributed by atoms with Gasteiger partial charge in [0.05, 0.1) is 18.2 Å². The predicted molar refractivity (Wildman–Crippen MR) is 106 cm³/mol. The van der Waals surface area contributed by atoms with Crippen LogP contribution in [0.3, 0.4) is 0 Å². The zero-order chi connectivity index (χ0) is 18.1. The third-order valence-corrected chi connectivity index (χ3v) is 4.94. The molecule has 4 rings (SSSR count). The lowest BCUT2D eigenvalue weighted by atomic mass is 10.00. The summed E-state index contributed by atoms with van der Waals surface area (Å²) in [7, 11) is 0. The SMILES string of the molecule is Nc1n[nH]c2ccc(C3=CCN([C@H](CO)c4cccc(Cl)c4)C=C3)cc12. The van der Waals surface area contributed by atoms with Crippen LogP contribution >= 0.6 is 11.6 Å². The number of H-pyrrole nitrogens is 1. The Balaban J connectivity index is 1.57. The second kappa shape index (κ2) is 6.86. The molecule has 0 radical (unpaired) electrons. The molecule has 0 fully saturated rings. The summed E-state index contributed by atoms with van der Waals surface area (Å²) in [6.45, 7) is 0.716. The van der Waals surface area contributed by atoms with Crippen molar-refractivity contribution in [3.05, 3.63) is 77.0 Å². The first kappa shape index (κ1) is 16.7. The van der Waals surface area contributed by atoms with Gasteiger partial charge in [-0.05, 0) is 47.0 Å². The number of aliphatic hydroxyl groups is 1. The molecule has 26 heavy (non-hydrogen) atoms. The largest absolute Gasteiger partial charge is 0.394 e. The van der Waals surface area contributed by atoms with E-state index in [1.54, 1.807) is 0 Å². The maximum atomic E-state index is 9.87. The number of fused-ring (bicyclic) bond motifs is 1. The summed E-state index contributed by atoms with van der Waals surface area (Å²) in [6.07, 6.45) is 6.21. The molecule has 1 aliphatic heterocycles. The Morgan fingerprint density at radius 3 is 2.88 bits per heavy atom. The van der Waals surface area contributed by atoms with Crippen LogP contribution in [0.15, 0.2) is 60.8 Å². The van der Waals surface area contributed by atoms with Crippen molar-refractivity contribution >= 4 is 33.9 Å². The molecule has 5 nitrogen and oxygen atoms in total. The quantitative estimate of drug-likeness (QED) is 0.657. The fourth-order valence-corrected chi connectivity index (χ4v) is 3.48. The van der Waals surface area contributed by atoms with E-state index in [9.17, 15) is 5.11 Å². The zero-order valence-corrected chi connectivity index (χ0v) is 14.8.